The standard InChI is InChI=1S/C36H21F3N3.Ir/c37-25-10-1-7-22(19-25)34-28-13-4-15-30(40-28)35(23-8-2-11-26(38)20-23)32-17-6-18-33(42-32)36(24-9-3-12-27(39)21-24)31-16-5-14-29(34)41-31;/h1-6,10-21,34-36H;/q-3;+3. The summed E-state index contributed by atoms with van der Waals surface area (Å²) in [4.78, 5) is 15.2. The Hall–Kier alpha value is -4.45. The average Bonchev–Trinajstić information content (AvgIpc) is 2.98. The molecular weight excluding hydrogens is 724 g/mol. The van der Waals surface area contributed by atoms with Crippen LogP contribution in [-0.4, -0.2) is 15.0 Å². The van der Waals surface area contributed by atoms with E-state index in [0.717, 1.165) is 0 Å². The van der Waals surface area contributed by atoms with Crippen LogP contribution >= 0.6 is 0 Å². The molecule has 0 saturated carbocycles. The van der Waals surface area contributed by atoms with Crippen molar-refractivity contribution in [3.63, 3.8) is 0 Å². The fraction of sp³-hybridized carbons (Fsp3) is 0.0833. The Bertz CT molecular complexity index is 1650. The number of nitrogens with zero attached hydrogens (tertiary/aromatic N) is 3. The van der Waals surface area contributed by atoms with E-state index in [2.05, 4.69) is 18.2 Å². The van der Waals surface area contributed by atoms with Gasteiger partial charge in [0.15, 0.2) is 0 Å². The van der Waals surface area contributed by atoms with Crippen molar-refractivity contribution in [1.29, 1.82) is 0 Å². The van der Waals surface area contributed by atoms with Crippen LogP contribution in [-0.2, 0) is 20.1 Å². The molecule has 3 aromatic carbocycles. The summed E-state index contributed by atoms with van der Waals surface area (Å²) in [5.41, 5.74) is 5.37. The van der Waals surface area contributed by atoms with E-state index >= 15 is 0 Å². The van der Waals surface area contributed by atoms with Gasteiger partial charge in [-0.25, -0.2) is 13.2 Å². The molecule has 0 amide bonds. The van der Waals surface area contributed by atoms with Gasteiger partial charge in [-0.3, -0.25) is 15.0 Å². The Morgan fingerprint density at radius 2 is 0.674 bits per heavy atom. The molecule has 0 aliphatic carbocycles. The molecule has 1 aliphatic heterocycles. The van der Waals surface area contributed by atoms with Gasteiger partial charge in [0.2, 0.25) is 0 Å². The third-order valence-electron chi connectivity index (χ3n) is 7.44. The third-order valence-corrected chi connectivity index (χ3v) is 7.44. The summed E-state index contributed by atoms with van der Waals surface area (Å²) in [6, 6.07) is 39.3. The van der Waals surface area contributed by atoms with Gasteiger partial charge < -0.3 is 0 Å². The Kier molecular flexibility index (Phi) is 8.02. The maximum absolute atomic E-state index is 14.5. The summed E-state index contributed by atoms with van der Waals surface area (Å²) in [6.07, 6.45) is 0. The van der Waals surface area contributed by atoms with Crippen molar-refractivity contribution in [3.05, 3.63) is 196 Å². The number of pyridine rings is 3. The summed E-state index contributed by atoms with van der Waals surface area (Å²) in [5.74, 6) is -2.91. The molecule has 210 valence electrons. The number of rotatable bonds is 3. The molecule has 7 heteroatoms. The summed E-state index contributed by atoms with van der Waals surface area (Å²) >= 11 is 0. The van der Waals surface area contributed by atoms with Gasteiger partial charge in [0.05, 0.1) is 34.2 Å². The van der Waals surface area contributed by atoms with Gasteiger partial charge in [-0.1, -0.05) is 18.2 Å². The monoisotopic (exact) mass is 745 g/mol. The van der Waals surface area contributed by atoms with Gasteiger partial charge in [-0.15, -0.1) is 53.1 Å². The summed E-state index contributed by atoms with van der Waals surface area (Å²) in [5, 5.41) is 0. The first-order chi connectivity index (χ1) is 20.5. The Labute approximate surface area is 260 Å². The zero-order valence-corrected chi connectivity index (χ0v) is 24.8. The van der Waals surface area contributed by atoms with Crippen molar-refractivity contribution in [2.75, 3.05) is 0 Å². The molecule has 0 radical (unpaired) electrons. The SMILES string of the molecule is Fc1cc[c-]c(C2c3cccc(n3)C(c3[c-]ccc(F)c3)c3cccc(n3)C(c3[c-]ccc(F)c3)c3cccc2n3)c1.[Ir+3]. The first-order valence-corrected chi connectivity index (χ1v) is 13.5. The first kappa shape index (κ1) is 28.7. The minimum atomic E-state index is -0.569. The molecule has 43 heavy (non-hydrogen) atoms. The predicted molar refractivity (Wildman–Crippen MR) is 151 cm³/mol. The van der Waals surface area contributed by atoms with Gasteiger partial charge in [-0.05, 0) is 36.4 Å². The molecule has 0 saturated heterocycles. The molecule has 7 rings (SSSR count). The first-order valence-electron chi connectivity index (χ1n) is 13.5. The Morgan fingerprint density at radius 1 is 0.419 bits per heavy atom. The van der Waals surface area contributed by atoms with Crippen LogP contribution < -0.4 is 0 Å². The van der Waals surface area contributed by atoms with Gasteiger partial charge in [0.1, 0.15) is 0 Å². The van der Waals surface area contributed by atoms with Crippen molar-refractivity contribution in [2.24, 2.45) is 0 Å². The van der Waals surface area contributed by atoms with Crippen LogP contribution in [0, 0.1) is 35.7 Å². The van der Waals surface area contributed by atoms with Crippen molar-refractivity contribution in [1.82, 2.24) is 15.0 Å². The van der Waals surface area contributed by atoms with E-state index in [-0.39, 0.29) is 20.1 Å². The number of fused-ring (bicyclic) bond motifs is 6. The van der Waals surface area contributed by atoms with Crippen LogP contribution in [0.15, 0.2) is 109 Å². The largest absolute Gasteiger partial charge is 3.00 e. The molecule has 6 bridgehead atoms. The van der Waals surface area contributed by atoms with Crippen LogP contribution in [0.1, 0.15) is 68.6 Å². The van der Waals surface area contributed by atoms with E-state index in [0.29, 0.717) is 50.9 Å². The number of hydrogen-bond acceptors (Lipinski definition) is 3. The second kappa shape index (κ2) is 12.0. The summed E-state index contributed by atoms with van der Waals surface area (Å²) in [7, 11) is 0. The second-order valence-electron chi connectivity index (χ2n) is 10.1. The quantitative estimate of drug-likeness (QED) is 0.176. The molecular formula is C36H21F3IrN3. The Morgan fingerprint density at radius 3 is 0.907 bits per heavy atom. The van der Waals surface area contributed by atoms with E-state index in [1.54, 1.807) is 0 Å². The van der Waals surface area contributed by atoms with E-state index in [1.807, 2.05) is 54.6 Å². The van der Waals surface area contributed by atoms with E-state index in [4.69, 9.17) is 15.0 Å². The average molecular weight is 745 g/mol. The molecule has 4 heterocycles. The van der Waals surface area contributed by atoms with E-state index in [9.17, 15) is 13.2 Å². The van der Waals surface area contributed by atoms with Crippen molar-refractivity contribution < 1.29 is 33.3 Å². The summed E-state index contributed by atoms with van der Waals surface area (Å²) < 4.78 is 43.6. The number of halogens is 3. The minimum Gasteiger partial charge on any atom is -0.256 e. The molecule has 3 aromatic heterocycles. The van der Waals surface area contributed by atoms with Gasteiger partial charge in [-0.2, -0.15) is 36.4 Å². The third kappa shape index (κ3) is 5.66. The van der Waals surface area contributed by atoms with Gasteiger partial charge >= 0.3 is 20.1 Å². The molecule has 0 N–H and O–H groups in total. The zero-order chi connectivity index (χ0) is 28.6. The van der Waals surface area contributed by atoms with Crippen molar-refractivity contribution in [2.45, 2.75) is 17.8 Å². The maximum atomic E-state index is 14.5. The van der Waals surface area contributed by atoms with E-state index < -0.39 is 35.2 Å². The predicted octanol–water partition coefficient (Wildman–Crippen LogP) is 7.54. The van der Waals surface area contributed by atoms with Crippen LogP contribution in [0.25, 0.3) is 0 Å². The smallest absolute Gasteiger partial charge is 0.256 e. The molecule has 6 aromatic rings. The topological polar surface area (TPSA) is 38.7 Å². The van der Waals surface area contributed by atoms with Gasteiger partial charge in [0.25, 0.3) is 0 Å². The molecule has 0 spiro atoms. The Balaban J connectivity index is 0.00000329. The maximum Gasteiger partial charge on any atom is 3.00 e. The molecule has 0 unspecified atom stereocenters. The zero-order valence-electron chi connectivity index (χ0n) is 22.4. The fourth-order valence-electron chi connectivity index (χ4n) is 5.65. The van der Waals surface area contributed by atoms with Crippen LogP contribution in [0.4, 0.5) is 13.2 Å². The summed E-state index contributed by atoms with van der Waals surface area (Å²) in [6.45, 7) is 0. The molecule has 1 aliphatic rings. The van der Waals surface area contributed by atoms with Crippen LogP contribution in [0.3, 0.4) is 0 Å². The van der Waals surface area contributed by atoms with Crippen molar-refractivity contribution in [3.8, 4) is 0 Å². The number of aromatic nitrogens is 3. The molecule has 3 nitrogen and oxygen atoms in total. The number of benzene rings is 3. The van der Waals surface area contributed by atoms with E-state index in [1.165, 1.54) is 54.6 Å². The van der Waals surface area contributed by atoms with Gasteiger partial charge in [0, 0.05) is 35.2 Å². The van der Waals surface area contributed by atoms with Crippen LogP contribution in [0.2, 0.25) is 0 Å². The minimum absolute atomic E-state index is 0. The fourth-order valence-corrected chi connectivity index (χ4v) is 5.65. The normalized spacial score (nSPS) is 17.2. The molecule has 0 fully saturated rings. The van der Waals surface area contributed by atoms with Crippen molar-refractivity contribution >= 4 is 0 Å². The van der Waals surface area contributed by atoms with Crippen LogP contribution in [0.5, 0.6) is 0 Å². The molecule has 0 atom stereocenters. The second-order valence-corrected chi connectivity index (χ2v) is 10.1. The number of hydrogen-bond donors (Lipinski definition) is 0.